The van der Waals surface area contributed by atoms with Crippen LogP contribution in [0.2, 0.25) is 0 Å². The fraction of sp³-hybridized carbons (Fsp3) is 0.320. The summed E-state index contributed by atoms with van der Waals surface area (Å²) >= 11 is 0. The van der Waals surface area contributed by atoms with Gasteiger partial charge in [-0.05, 0) is 57.5 Å². The van der Waals surface area contributed by atoms with Crippen molar-refractivity contribution in [2.45, 2.75) is 46.5 Å². The Morgan fingerprint density at radius 3 is 2.59 bits per heavy atom. The molecule has 0 unspecified atom stereocenters. The van der Waals surface area contributed by atoms with E-state index in [-0.39, 0.29) is 18.2 Å². The Bertz CT molecular complexity index is 1310. The lowest BCUT2D eigenvalue weighted by Gasteiger charge is -2.17. The summed E-state index contributed by atoms with van der Waals surface area (Å²) < 4.78 is 48.1. The van der Waals surface area contributed by atoms with Gasteiger partial charge in [0.2, 0.25) is 5.88 Å². The van der Waals surface area contributed by atoms with Gasteiger partial charge >= 0.3 is 6.18 Å². The minimum atomic E-state index is -4.44. The summed E-state index contributed by atoms with van der Waals surface area (Å²) in [6, 6.07) is 11.1. The van der Waals surface area contributed by atoms with Crippen molar-refractivity contribution in [3.63, 3.8) is 0 Å². The molecule has 0 saturated carbocycles. The minimum Gasteiger partial charge on any atom is -0.477 e. The van der Waals surface area contributed by atoms with Gasteiger partial charge in [0.1, 0.15) is 11.0 Å². The fourth-order valence-electron chi connectivity index (χ4n) is 3.91. The number of anilines is 1. The number of nitrogens with zero attached hydrogens (tertiary/aromatic N) is 4. The molecule has 0 spiro atoms. The lowest BCUT2D eigenvalue weighted by atomic mass is 10.1. The molecule has 178 valence electrons. The molecule has 3 aromatic heterocycles. The second kappa shape index (κ2) is 9.32. The number of hydrogen-bond acceptors (Lipinski definition) is 5. The van der Waals surface area contributed by atoms with Gasteiger partial charge in [0.25, 0.3) is 0 Å². The van der Waals surface area contributed by atoms with Crippen LogP contribution in [0.1, 0.15) is 43.6 Å². The highest BCUT2D eigenvalue weighted by Gasteiger charge is 2.32. The van der Waals surface area contributed by atoms with Crippen LogP contribution in [0, 0.1) is 6.92 Å². The van der Waals surface area contributed by atoms with E-state index in [2.05, 4.69) is 15.4 Å². The molecule has 9 heteroatoms. The van der Waals surface area contributed by atoms with Crippen LogP contribution in [-0.2, 0) is 12.7 Å². The van der Waals surface area contributed by atoms with E-state index in [0.717, 1.165) is 17.3 Å². The first-order valence-electron chi connectivity index (χ1n) is 11.1. The number of hydrogen-bond donors (Lipinski definition) is 1. The number of aromatic nitrogens is 4. The molecule has 3 heterocycles. The molecular formula is C25H26F3N5O. The van der Waals surface area contributed by atoms with E-state index >= 15 is 0 Å². The predicted octanol–water partition coefficient (Wildman–Crippen LogP) is 6.41. The molecule has 0 aliphatic heterocycles. The van der Waals surface area contributed by atoms with Crippen LogP contribution in [0.25, 0.3) is 22.3 Å². The van der Waals surface area contributed by atoms with Gasteiger partial charge in [0, 0.05) is 18.8 Å². The first kappa shape index (κ1) is 23.5. The van der Waals surface area contributed by atoms with Crippen LogP contribution < -0.4 is 10.1 Å². The molecule has 0 aliphatic carbocycles. The average Bonchev–Trinajstić information content (AvgIpc) is 3.14. The highest BCUT2D eigenvalue weighted by atomic mass is 19.4. The van der Waals surface area contributed by atoms with Crippen molar-refractivity contribution < 1.29 is 17.9 Å². The van der Waals surface area contributed by atoms with Gasteiger partial charge in [-0.25, -0.2) is 9.97 Å². The second-order valence-electron chi connectivity index (χ2n) is 8.17. The van der Waals surface area contributed by atoms with E-state index < -0.39 is 11.7 Å². The van der Waals surface area contributed by atoms with Gasteiger partial charge in [-0.2, -0.15) is 18.3 Å². The number of benzene rings is 1. The molecule has 0 fully saturated rings. The normalized spacial score (nSPS) is 11.9. The van der Waals surface area contributed by atoms with Crippen molar-refractivity contribution in [2.75, 3.05) is 11.9 Å². The molecule has 34 heavy (non-hydrogen) atoms. The van der Waals surface area contributed by atoms with Crippen LogP contribution in [0.15, 0.2) is 48.7 Å². The summed E-state index contributed by atoms with van der Waals surface area (Å²) in [5.74, 6) is 0.444. The van der Waals surface area contributed by atoms with E-state index in [1.807, 2.05) is 44.5 Å². The molecule has 0 saturated heterocycles. The van der Waals surface area contributed by atoms with Crippen molar-refractivity contribution in [1.29, 1.82) is 0 Å². The zero-order valence-electron chi connectivity index (χ0n) is 19.4. The van der Waals surface area contributed by atoms with Gasteiger partial charge < -0.3 is 10.1 Å². The van der Waals surface area contributed by atoms with Crippen LogP contribution in [0.3, 0.4) is 0 Å². The predicted molar refractivity (Wildman–Crippen MR) is 126 cm³/mol. The standard InChI is InChI=1S/C25H26F3N5O/c1-5-34-24-18(10-8-12-29-24)20-13-21(23-22(31-20)16(4)32-33(23)15(2)3)30-14-17-9-6-7-11-19(17)25(26,27)28/h6-13,15H,5,14H2,1-4H3,(H,30,31). The third kappa shape index (κ3) is 4.55. The maximum atomic E-state index is 13.5. The lowest BCUT2D eigenvalue weighted by Crippen LogP contribution is -2.12. The summed E-state index contributed by atoms with van der Waals surface area (Å²) in [6.45, 7) is 8.16. The van der Waals surface area contributed by atoms with Crippen molar-refractivity contribution in [1.82, 2.24) is 19.7 Å². The molecule has 0 bridgehead atoms. The monoisotopic (exact) mass is 469 g/mol. The van der Waals surface area contributed by atoms with Crippen molar-refractivity contribution in [3.8, 4) is 17.1 Å². The highest BCUT2D eigenvalue weighted by Crippen LogP contribution is 2.36. The smallest absolute Gasteiger partial charge is 0.416 e. The Balaban J connectivity index is 1.86. The Kier molecular flexibility index (Phi) is 6.45. The Hall–Kier alpha value is -3.62. The van der Waals surface area contributed by atoms with Gasteiger partial charge in [-0.1, -0.05) is 18.2 Å². The Morgan fingerprint density at radius 2 is 1.88 bits per heavy atom. The SMILES string of the molecule is CCOc1ncccc1-c1cc(NCc2ccccc2C(F)(F)F)c2c(n1)c(C)nn2C(C)C. The number of halogens is 3. The number of fused-ring (bicyclic) bond motifs is 1. The first-order chi connectivity index (χ1) is 16.2. The van der Waals surface area contributed by atoms with E-state index in [4.69, 9.17) is 9.72 Å². The molecule has 1 N–H and O–H groups in total. The van der Waals surface area contributed by atoms with Crippen LogP contribution >= 0.6 is 0 Å². The lowest BCUT2D eigenvalue weighted by molar-refractivity contribution is -0.138. The Labute approximate surface area is 195 Å². The highest BCUT2D eigenvalue weighted by molar-refractivity contribution is 5.93. The van der Waals surface area contributed by atoms with Gasteiger partial charge in [0.05, 0.1) is 34.8 Å². The third-order valence-corrected chi connectivity index (χ3v) is 5.43. The van der Waals surface area contributed by atoms with Crippen LogP contribution in [-0.4, -0.2) is 26.4 Å². The van der Waals surface area contributed by atoms with Crippen molar-refractivity contribution >= 4 is 16.7 Å². The third-order valence-electron chi connectivity index (χ3n) is 5.43. The molecule has 0 aliphatic rings. The van der Waals surface area contributed by atoms with E-state index in [1.54, 1.807) is 18.3 Å². The van der Waals surface area contributed by atoms with Gasteiger partial charge in [0.15, 0.2) is 0 Å². The maximum Gasteiger partial charge on any atom is 0.416 e. The molecule has 1 aromatic carbocycles. The van der Waals surface area contributed by atoms with Gasteiger partial charge in [-0.15, -0.1) is 0 Å². The van der Waals surface area contributed by atoms with Gasteiger partial charge in [-0.3, -0.25) is 4.68 Å². The molecule has 0 radical (unpaired) electrons. The van der Waals surface area contributed by atoms with Crippen molar-refractivity contribution in [2.24, 2.45) is 0 Å². The van der Waals surface area contributed by atoms with E-state index in [1.165, 1.54) is 12.1 Å². The topological polar surface area (TPSA) is 64.9 Å². The summed E-state index contributed by atoms with van der Waals surface area (Å²) in [5, 5.41) is 7.87. The largest absolute Gasteiger partial charge is 0.477 e. The molecular weight excluding hydrogens is 443 g/mol. The van der Waals surface area contributed by atoms with Crippen LogP contribution in [0.4, 0.5) is 18.9 Å². The van der Waals surface area contributed by atoms with E-state index in [9.17, 15) is 13.2 Å². The molecule has 6 nitrogen and oxygen atoms in total. The fourth-order valence-corrected chi connectivity index (χ4v) is 3.91. The quantitative estimate of drug-likeness (QED) is 0.339. The number of alkyl halides is 3. The maximum absolute atomic E-state index is 13.5. The number of nitrogens with one attached hydrogen (secondary N) is 1. The zero-order valence-corrected chi connectivity index (χ0v) is 19.4. The summed E-state index contributed by atoms with van der Waals surface area (Å²) in [4.78, 5) is 9.15. The first-order valence-corrected chi connectivity index (χ1v) is 11.1. The van der Waals surface area contributed by atoms with Crippen molar-refractivity contribution in [3.05, 3.63) is 65.5 Å². The average molecular weight is 470 g/mol. The van der Waals surface area contributed by atoms with E-state index in [0.29, 0.717) is 34.9 Å². The molecule has 0 amide bonds. The zero-order chi connectivity index (χ0) is 24.5. The minimum absolute atomic E-state index is 0.0120. The number of rotatable bonds is 7. The summed E-state index contributed by atoms with van der Waals surface area (Å²) in [5.41, 5.74) is 3.57. The Morgan fingerprint density at radius 1 is 1.12 bits per heavy atom. The number of pyridine rings is 2. The molecule has 0 atom stereocenters. The number of aryl methyl sites for hydroxylation is 1. The summed E-state index contributed by atoms with van der Waals surface area (Å²) in [6.07, 6.45) is -2.79. The summed E-state index contributed by atoms with van der Waals surface area (Å²) in [7, 11) is 0. The molecule has 4 rings (SSSR count). The van der Waals surface area contributed by atoms with Crippen LogP contribution in [0.5, 0.6) is 5.88 Å². The number of ether oxygens (including phenoxy) is 1. The second-order valence-corrected chi connectivity index (χ2v) is 8.17. The molecule has 4 aromatic rings.